The predicted octanol–water partition coefficient (Wildman–Crippen LogP) is 3.87. The number of aromatic hydroxyl groups is 1. The maximum Gasteiger partial charge on any atom is 0.115 e. The fraction of sp³-hybridized carbons (Fsp3) is 0.111. The van der Waals surface area contributed by atoms with E-state index in [9.17, 15) is 10.2 Å². The van der Waals surface area contributed by atoms with E-state index in [1.165, 1.54) is 0 Å². The van der Waals surface area contributed by atoms with E-state index in [2.05, 4.69) is 0 Å². The van der Waals surface area contributed by atoms with E-state index in [-0.39, 0.29) is 5.75 Å². The molecule has 1 unspecified atom stereocenters. The van der Waals surface area contributed by atoms with Crippen LogP contribution in [0.2, 0.25) is 0 Å². The molecule has 2 heteroatoms. The zero-order chi connectivity index (χ0) is 14.2. The fourth-order valence-electron chi connectivity index (χ4n) is 1.79. The molecule has 0 aliphatic heterocycles. The number of aliphatic hydroxyl groups excluding tert-OH is 1. The van der Waals surface area contributed by atoms with E-state index >= 15 is 0 Å². The predicted molar refractivity (Wildman–Crippen MR) is 83.2 cm³/mol. The number of phenols is 1. The van der Waals surface area contributed by atoms with Gasteiger partial charge in [-0.15, -0.1) is 0 Å². The van der Waals surface area contributed by atoms with Crippen LogP contribution in [0.15, 0.2) is 66.7 Å². The lowest BCUT2D eigenvalue weighted by molar-refractivity contribution is 0.228. The average molecular weight is 266 g/mol. The summed E-state index contributed by atoms with van der Waals surface area (Å²) in [7, 11) is 0. The zero-order valence-electron chi connectivity index (χ0n) is 11.2. The monoisotopic (exact) mass is 266 g/mol. The highest BCUT2D eigenvalue weighted by atomic mass is 16.3. The smallest absolute Gasteiger partial charge is 0.115 e. The van der Waals surface area contributed by atoms with Crippen LogP contribution in [0.25, 0.3) is 12.2 Å². The number of hydrogen-bond acceptors (Lipinski definition) is 2. The van der Waals surface area contributed by atoms with Crippen LogP contribution in [0.4, 0.5) is 0 Å². The molecule has 0 spiro atoms. The molecule has 0 amide bonds. The minimum atomic E-state index is -0.497. The molecule has 0 aliphatic rings. The van der Waals surface area contributed by atoms with E-state index in [1.807, 2.05) is 60.7 Å². The fourth-order valence-corrected chi connectivity index (χ4v) is 1.79. The highest BCUT2D eigenvalue weighted by Gasteiger charge is 1.95. The van der Waals surface area contributed by atoms with Gasteiger partial charge in [0.25, 0.3) is 0 Å². The van der Waals surface area contributed by atoms with Gasteiger partial charge in [0.2, 0.25) is 0 Å². The van der Waals surface area contributed by atoms with E-state index in [1.54, 1.807) is 18.2 Å². The number of aliphatic hydroxyl groups is 1. The molecular formula is C18H18O2. The summed E-state index contributed by atoms with van der Waals surface area (Å²) in [4.78, 5) is 0. The SMILES string of the molecule is Oc1ccc(C=CCC(O)C=Cc2ccccc2)cc1. The Balaban J connectivity index is 1.84. The van der Waals surface area contributed by atoms with Crippen molar-refractivity contribution >= 4 is 12.2 Å². The first-order valence-corrected chi connectivity index (χ1v) is 6.61. The summed E-state index contributed by atoms with van der Waals surface area (Å²) >= 11 is 0. The summed E-state index contributed by atoms with van der Waals surface area (Å²) in [5.74, 6) is 0.257. The number of phenolic OH excluding ortho intramolecular Hbond substituents is 1. The van der Waals surface area contributed by atoms with Gasteiger partial charge in [0.1, 0.15) is 5.75 Å². The van der Waals surface area contributed by atoms with Gasteiger partial charge >= 0.3 is 0 Å². The second-order valence-corrected chi connectivity index (χ2v) is 4.57. The molecule has 2 rings (SSSR count). The van der Waals surface area contributed by atoms with Crippen LogP contribution in [0.5, 0.6) is 5.75 Å². The third-order valence-corrected chi connectivity index (χ3v) is 2.89. The van der Waals surface area contributed by atoms with Crippen molar-refractivity contribution in [2.24, 2.45) is 0 Å². The van der Waals surface area contributed by atoms with Crippen LogP contribution in [0.1, 0.15) is 17.5 Å². The van der Waals surface area contributed by atoms with Crippen LogP contribution in [0, 0.1) is 0 Å². The molecule has 2 N–H and O–H groups in total. The Morgan fingerprint density at radius 2 is 1.50 bits per heavy atom. The number of rotatable bonds is 5. The summed E-state index contributed by atoms with van der Waals surface area (Å²) in [6.07, 6.45) is 7.62. The second-order valence-electron chi connectivity index (χ2n) is 4.57. The van der Waals surface area contributed by atoms with E-state index < -0.39 is 6.10 Å². The van der Waals surface area contributed by atoms with Crippen LogP contribution in [-0.2, 0) is 0 Å². The van der Waals surface area contributed by atoms with Gasteiger partial charge in [-0.05, 0) is 29.7 Å². The van der Waals surface area contributed by atoms with Gasteiger partial charge in [-0.3, -0.25) is 0 Å². The van der Waals surface area contributed by atoms with E-state index in [0.717, 1.165) is 11.1 Å². The summed E-state index contributed by atoms with van der Waals surface area (Å²) in [6.45, 7) is 0. The van der Waals surface area contributed by atoms with Gasteiger partial charge in [0, 0.05) is 0 Å². The van der Waals surface area contributed by atoms with Crippen molar-refractivity contribution in [3.63, 3.8) is 0 Å². The van der Waals surface area contributed by atoms with Crippen molar-refractivity contribution in [1.82, 2.24) is 0 Å². The lowest BCUT2D eigenvalue weighted by atomic mass is 10.1. The minimum Gasteiger partial charge on any atom is -0.508 e. The van der Waals surface area contributed by atoms with Crippen molar-refractivity contribution < 1.29 is 10.2 Å². The first-order valence-electron chi connectivity index (χ1n) is 6.61. The van der Waals surface area contributed by atoms with Gasteiger partial charge in [0.05, 0.1) is 6.10 Å². The molecule has 20 heavy (non-hydrogen) atoms. The van der Waals surface area contributed by atoms with Crippen molar-refractivity contribution in [3.8, 4) is 5.75 Å². The van der Waals surface area contributed by atoms with E-state index in [4.69, 9.17) is 0 Å². The van der Waals surface area contributed by atoms with Crippen molar-refractivity contribution in [1.29, 1.82) is 0 Å². The third-order valence-electron chi connectivity index (χ3n) is 2.89. The molecule has 0 aromatic heterocycles. The average Bonchev–Trinajstić information content (AvgIpc) is 2.48. The third kappa shape index (κ3) is 4.75. The summed E-state index contributed by atoms with van der Waals surface area (Å²) < 4.78 is 0. The molecule has 0 heterocycles. The van der Waals surface area contributed by atoms with Gasteiger partial charge in [-0.25, -0.2) is 0 Å². The molecular weight excluding hydrogens is 248 g/mol. The van der Waals surface area contributed by atoms with Crippen molar-refractivity contribution in [2.45, 2.75) is 12.5 Å². The Hall–Kier alpha value is -2.32. The summed E-state index contributed by atoms with van der Waals surface area (Å²) in [6, 6.07) is 16.8. The van der Waals surface area contributed by atoms with Crippen LogP contribution in [0.3, 0.4) is 0 Å². The molecule has 0 radical (unpaired) electrons. The highest BCUT2D eigenvalue weighted by Crippen LogP contribution is 2.11. The first kappa shape index (κ1) is 14.1. The maximum atomic E-state index is 9.85. The molecule has 2 nitrogen and oxygen atoms in total. The molecule has 0 saturated heterocycles. The molecule has 1 atom stereocenters. The molecule has 0 aliphatic carbocycles. The lowest BCUT2D eigenvalue weighted by Gasteiger charge is -2.01. The Morgan fingerprint density at radius 3 is 2.20 bits per heavy atom. The summed E-state index contributed by atoms with van der Waals surface area (Å²) in [5.41, 5.74) is 2.08. The maximum absolute atomic E-state index is 9.85. The van der Waals surface area contributed by atoms with Gasteiger partial charge in [0.15, 0.2) is 0 Å². The second kappa shape index (κ2) is 7.31. The lowest BCUT2D eigenvalue weighted by Crippen LogP contribution is -1.98. The Morgan fingerprint density at radius 1 is 0.850 bits per heavy atom. The minimum absolute atomic E-state index is 0.257. The first-order chi connectivity index (χ1) is 9.74. The van der Waals surface area contributed by atoms with Crippen LogP contribution >= 0.6 is 0 Å². The largest absolute Gasteiger partial charge is 0.508 e. The van der Waals surface area contributed by atoms with Gasteiger partial charge < -0.3 is 10.2 Å². The molecule has 2 aromatic rings. The topological polar surface area (TPSA) is 40.5 Å². The highest BCUT2D eigenvalue weighted by molar-refractivity contribution is 5.51. The summed E-state index contributed by atoms with van der Waals surface area (Å²) in [5, 5.41) is 19.0. The van der Waals surface area contributed by atoms with Crippen molar-refractivity contribution in [3.05, 3.63) is 77.9 Å². The molecule has 2 aromatic carbocycles. The molecule has 102 valence electrons. The Bertz CT molecular complexity index is 568. The van der Waals surface area contributed by atoms with Crippen LogP contribution < -0.4 is 0 Å². The van der Waals surface area contributed by atoms with E-state index in [0.29, 0.717) is 6.42 Å². The van der Waals surface area contributed by atoms with Gasteiger partial charge in [-0.1, -0.05) is 66.8 Å². The van der Waals surface area contributed by atoms with Gasteiger partial charge in [-0.2, -0.15) is 0 Å². The Kier molecular flexibility index (Phi) is 5.15. The van der Waals surface area contributed by atoms with Crippen molar-refractivity contribution in [2.75, 3.05) is 0 Å². The molecule has 0 fully saturated rings. The number of benzene rings is 2. The normalized spacial score (nSPS) is 13.1. The van der Waals surface area contributed by atoms with Crippen LogP contribution in [-0.4, -0.2) is 16.3 Å². The zero-order valence-corrected chi connectivity index (χ0v) is 11.2. The molecule has 0 bridgehead atoms. The standard InChI is InChI=1S/C18H18O2/c19-17(12-9-15-5-2-1-3-6-15)8-4-7-16-10-13-18(20)14-11-16/h1-7,9-14,17,19-20H,8H2. The Labute approximate surface area is 119 Å². The quantitative estimate of drug-likeness (QED) is 0.862. The number of hydrogen-bond donors (Lipinski definition) is 2. The molecule has 0 saturated carbocycles.